The number of hydrogen-bond donors (Lipinski definition) is 1. The number of hydrogen-bond acceptors (Lipinski definition) is 3. The molecule has 0 spiro atoms. The summed E-state index contributed by atoms with van der Waals surface area (Å²) >= 11 is 0. The lowest BCUT2D eigenvalue weighted by molar-refractivity contribution is 0.0946. The maximum atomic E-state index is 13.0. The van der Waals surface area contributed by atoms with Gasteiger partial charge in [0.2, 0.25) is 0 Å². The van der Waals surface area contributed by atoms with Crippen molar-refractivity contribution in [1.29, 1.82) is 0 Å². The van der Waals surface area contributed by atoms with Crippen molar-refractivity contribution in [1.82, 2.24) is 20.1 Å². The van der Waals surface area contributed by atoms with Crippen LogP contribution in [0.5, 0.6) is 0 Å². The van der Waals surface area contributed by atoms with E-state index in [1.165, 1.54) is 12.8 Å². The molecule has 132 valence electrons. The Balaban J connectivity index is 1.62. The summed E-state index contributed by atoms with van der Waals surface area (Å²) in [4.78, 5) is 17.7. The molecule has 2 aliphatic rings. The van der Waals surface area contributed by atoms with Gasteiger partial charge in [0, 0.05) is 19.3 Å². The average Bonchev–Trinajstić information content (AvgIpc) is 3.27. The van der Waals surface area contributed by atoms with Crippen LogP contribution >= 0.6 is 0 Å². The highest BCUT2D eigenvalue weighted by atomic mass is 16.1. The van der Waals surface area contributed by atoms with E-state index in [4.69, 9.17) is 4.98 Å². The molecule has 1 fully saturated rings. The van der Waals surface area contributed by atoms with Gasteiger partial charge in [-0.25, -0.2) is 4.98 Å². The molecule has 25 heavy (non-hydrogen) atoms. The maximum absolute atomic E-state index is 13.0. The second-order valence-electron chi connectivity index (χ2n) is 7.91. The third kappa shape index (κ3) is 2.75. The van der Waals surface area contributed by atoms with E-state index in [9.17, 15) is 4.79 Å². The fourth-order valence-corrected chi connectivity index (χ4v) is 4.39. The van der Waals surface area contributed by atoms with E-state index in [1.807, 2.05) is 20.0 Å². The molecule has 2 aromatic rings. The molecule has 1 saturated carbocycles. The third-order valence-electron chi connectivity index (χ3n) is 5.77. The van der Waals surface area contributed by atoms with E-state index < -0.39 is 0 Å². The first-order chi connectivity index (χ1) is 11.9. The fourth-order valence-electron chi connectivity index (χ4n) is 4.39. The number of amides is 1. The molecule has 3 atom stereocenters. The highest BCUT2D eigenvalue weighted by Gasteiger charge is 2.35. The van der Waals surface area contributed by atoms with Gasteiger partial charge in [-0.2, -0.15) is 5.10 Å². The molecule has 1 amide bonds. The highest BCUT2D eigenvalue weighted by molar-refractivity contribution is 6.06. The van der Waals surface area contributed by atoms with Gasteiger partial charge in [-0.3, -0.25) is 9.48 Å². The molecule has 0 aliphatic heterocycles. The van der Waals surface area contributed by atoms with Gasteiger partial charge in [-0.05, 0) is 49.5 Å². The number of allylic oxidation sites excluding steroid dienone is 2. The summed E-state index contributed by atoms with van der Waals surface area (Å²) in [7, 11) is 1.88. The average molecular weight is 338 g/mol. The van der Waals surface area contributed by atoms with Crippen LogP contribution in [0.1, 0.15) is 54.4 Å². The molecule has 5 heteroatoms. The van der Waals surface area contributed by atoms with Crippen molar-refractivity contribution in [3.8, 4) is 0 Å². The maximum Gasteiger partial charge on any atom is 0.252 e. The monoisotopic (exact) mass is 338 g/mol. The van der Waals surface area contributed by atoms with Crippen molar-refractivity contribution in [2.24, 2.45) is 24.8 Å². The molecule has 0 radical (unpaired) electrons. The Morgan fingerprint density at radius 3 is 2.80 bits per heavy atom. The fraction of sp³-hybridized carbons (Fsp3) is 0.550. The minimum Gasteiger partial charge on any atom is -0.352 e. The number of nitrogens with zero attached hydrogens (tertiary/aromatic N) is 3. The molecule has 4 rings (SSSR count). The Hall–Kier alpha value is -2.17. The summed E-state index contributed by atoms with van der Waals surface area (Å²) in [5, 5.41) is 8.52. The van der Waals surface area contributed by atoms with Crippen LogP contribution < -0.4 is 5.32 Å². The predicted molar refractivity (Wildman–Crippen MR) is 98.5 cm³/mol. The van der Waals surface area contributed by atoms with Crippen molar-refractivity contribution < 1.29 is 4.79 Å². The first kappa shape index (κ1) is 16.3. The molecule has 0 saturated heterocycles. The lowest BCUT2D eigenvalue weighted by Gasteiger charge is -2.19. The Kier molecular flexibility index (Phi) is 3.89. The van der Waals surface area contributed by atoms with E-state index in [-0.39, 0.29) is 11.8 Å². The molecule has 2 aromatic heterocycles. The zero-order valence-electron chi connectivity index (χ0n) is 15.4. The largest absolute Gasteiger partial charge is 0.352 e. The van der Waals surface area contributed by atoms with Crippen LogP contribution in [0.2, 0.25) is 0 Å². The van der Waals surface area contributed by atoms with Gasteiger partial charge in [0.05, 0.1) is 16.6 Å². The van der Waals surface area contributed by atoms with Gasteiger partial charge in [-0.1, -0.05) is 26.0 Å². The number of pyridine rings is 1. The summed E-state index contributed by atoms with van der Waals surface area (Å²) in [5.74, 6) is 2.22. The van der Waals surface area contributed by atoms with Crippen LogP contribution in [-0.4, -0.2) is 27.2 Å². The van der Waals surface area contributed by atoms with Crippen molar-refractivity contribution in [2.75, 3.05) is 6.54 Å². The normalized spacial score (nSPS) is 24.6. The minimum absolute atomic E-state index is 0.00264. The van der Waals surface area contributed by atoms with Gasteiger partial charge < -0.3 is 5.32 Å². The zero-order chi connectivity index (χ0) is 17.7. The first-order valence-electron chi connectivity index (χ1n) is 9.24. The summed E-state index contributed by atoms with van der Waals surface area (Å²) in [6.07, 6.45) is 7.14. The summed E-state index contributed by atoms with van der Waals surface area (Å²) in [5.41, 5.74) is 3.28. The number of carbonyl (C=O) groups excluding carboxylic acids is 1. The number of aromatic nitrogens is 3. The second-order valence-corrected chi connectivity index (χ2v) is 7.91. The van der Waals surface area contributed by atoms with E-state index in [2.05, 4.69) is 36.4 Å². The van der Waals surface area contributed by atoms with Crippen molar-refractivity contribution in [3.05, 3.63) is 35.2 Å². The lowest BCUT2D eigenvalue weighted by atomic mass is 9.93. The summed E-state index contributed by atoms with van der Waals surface area (Å²) < 4.78 is 1.77. The van der Waals surface area contributed by atoms with Crippen LogP contribution in [0, 0.1) is 24.7 Å². The molecule has 5 nitrogen and oxygen atoms in total. The SMILES string of the molecule is Cc1nn(C)c2nc(C(C)C)cc(C(=O)NC[C@@H]3C[C@H]4C=C[C@H]3C4)c12. The molecule has 0 unspecified atom stereocenters. The molecule has 1 N–H and O–H groups in total. The van der Waals surface area contributed by atoms with Crippen LogP contribution in [-0.2, 0) is 7.05 Å². The van der Waals surface area contributed by atoms with Crippen molar-refractivity contribution >= 4 is 16.9 Å². The van der Waals surface area contributed by atoms with Crippen molar-refractivity contribution in [3.63, 3.8) is 0 Å². The topological polar surface area (TPSA) is 59.8 Å². The van der Waals surface area contributed by atoms with E-state index in [1.54, 1.807) is 4.68 Å². The Morgan fingerprint density at radius 1 is 1.36 bits per heavy atom. The molecule has 2 bridgehead atoms. The second kappa shape index (κ2) is 5.97. The van der Waals surface area contributed by atoms with E-state index in [0.29, 0.717) is 17.4 Å². The number of carbonyl (C=O) groups is 1. The molecule has 2 aliphatic carbocycles. The Morgan fingerprint density at radius 2 is 2.16 bits per heavy atom. The quantitative estimate of drug-likeness (QED) is 0.870. The van der Waals surface area contributed by atoms with Crippen LogP contribution in [0.3, 0.4) is 0 Å². The predicted octanol–water partition coefficient (Wildman–Crippen LogP) is 3.34. The Labute approximate surface area is 148 Å². The van der Waals surface area contributed by atoms with E-state index in [0.717, 1.165) is 34.9 Å². The van der Waals surface area contributed by atoms with Crippen LogP contribution in [0.15, 0.2) is 18.2 Å². The van der Waals surface area contributed by atoms with Gasteiger partial charge in [-0.15, -0.1) is 0 Å². The first-order valence-corrected chi connectivity index (χ1v) is 9.24. The zero-order valence-corrected chi connectivity index (χ0v) is 15.4. The van der Waals surface area contributed by atoms with Gasteiger partial charge in [0.25, 0.3) is 5.91 Å². The third-order valence-corrected chi connectivity index (χ3v) is 5.77. The standard InChI is InChI=1S/C20H26N4O/c1-11(2)17-9-16(18-12(3)23-24(4)19(18)22-17)20(25)21-10-15-8-13-5-6-14(15)7-13/h5-6,9,11,13-15H,7-8,10H2,1-4H3,(H,21,25)/t13-,14-,15-/m0/s1. The lowest BCUT2D eigenvalue weighted by Crippen LogP contribution is -2.31. The number of fused-ring (bicyclic) bond motifs is 3. The Bertz CT molecular complexity index is 864. The smallest absolute Gasteiger partial charge is 0.252 e. The van der Waals surface area contributed by atoms with Gasteiger partial charge in [0.15, 0.2) is 5.65 Å². The van der Waals surface area contributed by atoms with Crippen molar-refractivity contribution in [2.45, 2.75) is 39.5 Å². The highest BCUT2D eigenvalue weighted by Crippen LogP contribution is 2.43. The van der Waals surface area contributed by atoms with E-state index >= 15 is 0 Å². The summed E-state index contributed by atoms with van der Waals surface area (Å²) in [6, 6.07) is 1.94. The molecular formula is C20H26N4O. The molecule has 0 aromatic carbocycles. The number of rotatable bonds is 4. The molecular weight excluding hydrogens is 312 g/mol. The van der Waals surface area contributed by atoms with Crippen LogP contribution in [0.4, 0.5) is 0 Å². The van der Waals surface area contributed by atoms with Gasteiger partial charge >= 0.3 is 0 Å². The van der Waals surface area contributed by atoms with Crippen LogP contribution in [0.25, 0.3) is 11.0 Å². The molecule has 2 heterocycles. The van der Waals surface area contributed by atoms with Gasteiger partial charge in [0.1, 0.15) is 0 Å². The minimum atomic E-state index is -0.00264. The number of aryl methyl sites for hydroxylation is 2. The number of nitrogens with one attached hydrogen (secondary N) is 1. The summed E-state index contributed by atoms with van der Waals surface area (Å²) in [6.45, 7) is 6.89.